The first-order valence-electron chi connectivity index (χ1n) is 6.36. The van der Waals surface area contributed by atoms with Crippen LogP contribution in [-0.4, -0.2) is 32.6 Å². The van der Waals surface area contributed by atoms with Gasteiger partial charge in [0, 0.05) is 24.3 Å². The molecule has 0 radical (unpaired) electrons. The number of nitrogens with zero attached hydrogens (tertiary/aromatic N) is 1. The van der Waals surface area contributed by atoms with Gasteiger partial charge in [-0.05, 0) is 25.8 Å². The Morgan fingerprint density at radius 2 is 2.19 bits per heavy atom. The van der Waals surface area contributed by atoms with Crippen LogP contribution in [0.25, 0.3) is 0 Å². The molecule has 1 aromatic rings. The molecule has 0 saturated carbocycles. The number of nitro groups is 1. The van der Waals surface area contributed by atoms with E-state index in [2.05, 4.69) is 4.72 Å². The summed E-state index contributed by atoms with van der Waals surface area (Å²) in [6.07, 6.45) is 1.42. The predicted molar refractivity (Wildman–Crippen MR) is 77.0 cm³/mol. The van der Waals surface area contributed by atoms with Crippen molar-refractivity contribution in [1.29, 1.82) is 0 Å². The normalized spacial score (nSPS) is 19.4. The number of halogens is 1. The van der Waals surface area contributed by atoms with Crippen LogP contribution in [0.4, 0.5) is 5.69 Å². The summed E-state index contributed by atoms with van der Waals surface area (Å²) in [7, 11) is -3.93. The summed E-state index contributed by atoms with van der Waals surface area (Å²) in [6, 6.07) is 1.93. The van der Waals surface area contributed by atoms with Gasteiger partial charge in [0.15, 0.2) is 0 Å². The number of sulfonamides is 1. The average Bonchev–Trinajstić information content (AvgIpc) is 2.38. The van der Waals surface area contributed by atoms with Gasteiger partial charge in [-0.1, -0.05) is 11.6 Å². The maximum atomic E-state index is 12.3. The molecular formula is C12H15ClN2O5S. The molecule has 1 heterocycles. The molecule has 0 unspecified atom stereocenters. The molecule has 0 spiro atoms. The van der Waals surface area contributed by atoms with E-state index >= 15 is 0 Å². The van der Waals surface area contributed by atoms with E-state index in [4.69, 9.17) is 16.3 Å². The van der Waals surface area contributed by atoms with Gasteiger partial charge in [0.25, 0.3) is 5.69 Å². The smallest absolute Gasteiger partial charge is 0.273 e. The predicted octanol–water partition coefficient (Wildman–Crippen LogP) is 2.01. The molecule has 0 amide bonds. The summed E-state index contributed by atoms with van der Waals surface area (Å²) in [5.41, 5.74) is 0.0321. The molecule has 2 rings (SSSR count). The van der Waals surface area contributed by atoms with Crippen molar-refractivity contribution in [3.05, 3.63) is 32.8 Å². The zero-order chi connectivity index (χ0) is 15.6. The molecule has 1 N–H and O–H groups in total. The highest BCUT2D eigenvalue weighted by atomic mass is 35.5. The molecule has 0 aromatic heterocycles. The highest BCUT2D eigenvalue weighted by Gasteiger charge is 2.27. The van der Waals surface area contributed by atoms with E-state index in [-0.39, 0.29) is 28.3 Å². The molecule has 0 bridgehead atoms. The van der Waals surface area contributed by atoms with Crippen LogP contribution in [0.2, 0.25) is 5.02 Å². The summed E-state index contributed by atoms with van der Waals surface area (Å²) in [6.45, 7) is 2.39. The lowest BCUT2D eigenvalue weighted by Gasteiger charge is -2.23. The first-order chi connectivity index (χ1) is 9.81. The fourth-order valence-corrected chi connectivity index (χ4v) is 4.02. The zero-order valence-corrected chi connectivity index (χ0v) is 12.9. The van der Waals surface area contributed by atoms with Gasteiger partial charge in [-0.15, -0.1) is 0 Å². The molecule has 21 heavy (non-hydrogen) atoms. The van der Waals surface area contributed by atoms with Gasteiger partial charge in [0.05, 0.1) is 16.6 Å². The van der Waals surface area contributed by atoms with Crippen LogP contribution in [0.3, 0.4) is 0 Å². The first kappa shape index (κ1) is 16.2. The molecule has 1 saturated heterocycles. The molecular weight excluding hydrogens is 320 g/mol. The summed E-state index contributed by atoms with van der Waals surface area (Å²) in [5.74, 6) is 0. The minimum absolute atomic E-state index is 0.0395. The van der Waals surface area contributed by atoms with Crippen molar-refractivity contribution in [2.24, 2.45) is 0 Å². The van der Waals surface area contributed by atoms with Gasteiger partial charge in [0.2, 0.25) is 10.0 Å². The Morgan fingerprint density at radius 1 is 1.48 bits per heavy atom. The fourth-order valence-electron chi connectivity index (χ4n) is 2.16. The third kappa shape index (κ3) is 3.70. The summed E-state index contributed by atoms with van der Waals surface area (Å²) in [5, 5.41) is 10.9. The van der Waals surface area contributed by atoms with Gasteiger partial charge in [-0.3, -0.25) is 10.1 Å². The van der Waals surface area contributed by atoms with E-state index in [1.54, 1.807) is 0 Å². The molecule has 1 aliphatic rings. The number of hydrogen-bond acceptors (Lipinski definition) is 5. The SMILES string of the molecule is Cc1cc(Cl)c(S(=O)(=O)N[C@H]2CCCOC2)cc1[N+](=O)[O-]. The Hall–Kier alpha value is -1.22. The maximum absolute atomic E-state index is 12.3. The van der Waals surface area contributed by atoms with Crippen molar-refractivity contribution in [2.45, 2.75) is 30.7 Å². The molecule has 1 atom stereocenters. The third-order valence-corrected chi connectivity index (χ3v) is 5.20. The van der Waals surface area contributed by atoms with Crippen molar-refractivity contribution in [3.8, 4) is 0 Å². The van der Waals surface area contributed by atoms with Crippen LogP contribution < -0.4 is 4.72 Å². The quantitative estimate of drug-likeness (QED) is 0.670. The Morgan fingerprint density at radius 3 is 2.76 bits per heavy atom. The largest absolute Gasteiger partial charge is 0.380 e. The average molecular weight is 335 g/mol. The lowest BCUT2D eigenvalue weighted by molar-refractivity contribution is -0.385. The van der Waals surface area contributed by atoms with Crippen molar-refractivity contribution < 1.29 is 18.1 Å². The van der Waals surface area contributed by atoms with Crippen LogP contribution in [0, 0.1) is 17.0 Å². The van der Waals surface area contributed by atoms with Gasteiger partial charge < -0.3 is 4.74 Å². The zero-order valence-electron chi connectivity index (χ0n) is 11.3. The number of ether oxygens (including phenoxy) is 1. The Balaban J connectivity index is 2.34. The van der Waals surface area contributed by atoms with Gasteiger partial charge in [-0.2, -0.15) is 0 Å². The number of nitro benzene ring substituents is 1. The fraction of sp³-hybridized carbons (Fsp3) is 0.500. The summed E-state index contributed by atoms with van der Waals surface area (Å²) < 4.78 is 32.4. The van der Waals surface area contributed by atoms with Crippen molar-refractivity contribution in [2.75, 3.05) is 13.2 Å². The third-order valence-electron chi connectivity index (χ3n) is 3.22. The molecule has 9 heteroatoms. The van der Waals surface area contributed by atoms with E-state index in [1.807, 2.05) is 0 Å². The molecule has 1 fully saturated rings. The minimum Gasteiger partial charge on any atom is -0.380 e. The van der Waals surface area contributed by atoms with E-state index in [0.29, 0.717) is 18.6 Å². The minimum atomic E-state index is -3.93. The Bertz CT molecular complexity index is 656. The lowest BCUT2D eigenvalue weighted by Crippen LogP contribution is -2.40. The number of hydrogen-bond donors (Lipinski definition) is 1. The van der Waals surface area contributed by atoms with Crippen LogP contribution in [0.15, 0.2) is 17.0 Å². The second kappa shape index (κ2) is 6.27. The maximum Gasteiger partial charge on any atom is 0.273 e. The van der Waals surface area contributed by atoms with Crippen LogP contribution in [0.5, 0.6) is 0 Å². The number of nitrogens with one attached hydrogen (secondary N) is 1. The van der Waals surface area contributed by atoms with E-state index in [0.717, 1.165) is 12.5 Å². The monoisotopic (exact) mass is 334 g/mol. The second-order valence-corrected chi connectivity index (χ2v) is 6.95. The Labute approximate surface area is 127 Å². The molecule has 116 valence electrons. The van der Waals surface area contributed by atoms with E-state index < -0.39 is 14.9 Å². The van der Waals surface area contributed by atoms with Crippen LogP contribution >= 0.6 is 11.6 Å². The summed E-state index contributed by atoms with van der Waals surface area (Å²) >= 11 is 5.94. The van der Waals surface area contributed by atoms with Crippen molar-refractivity contribution in [3.63, 3.8) is 0 Å². The number of benzene rings is 1. The standard InChI is InChI=1S/C12H15ClN2O5S/c1-8-5-10(13)12(6-11(8)15(16)17)21(18,19)14-9-3-2-4-20-7-9/h5-6,9,14H,2-4,7H2,1H3/t9-/m0/s1. The molecule has 1 aromatic carbocycles. The molecule has 7 nitrogen and oxygen atoms in total. The van der Waals surface area contributed by atoms with E-state index in [1.165, 1.54) is 13.0 Å². The van der Waals surface area contributed by atoms with Crippen LogP contribution in [-0.2, 0) is 14.8 Å². The number of rotatable bonds is 4. The topological polar surface area (TPSA) is 98.5 Å². The van der Waals surface area contributed by atoms with Crippen molar-refractivity contribution >= 4 is 27.3 Å². The van der Waals surface area contributed by atoms with E-state index in [9.17, 15) is 18.5 Å². The first-order valence-corrected chi connectivity index (χ1v) is 8.22. The highest BCUT2D eigenvalue weighted by Crippen LogP contribution is 2.30. The van der Waals surface area contributed by atoms with Crippen LogP contribution in [0.1, 0.15) is 18.4 Å². The van der Waals surface area contributed by atoms with Gasteiger partial charge >= 0.3 is 0 Å². The summed E-state index contributed by atoms with van der Waals surface area (Å²) in [4.78, 5) is 10.0. The molecule has 0 aliphatic carbocycles. The number of aryl methyl sites for hydroxylation is 1. The van der Waals surface area contributed by atoms with Gasteiger partial charge in [-0.25, -0.2) is 13.1 Å². The molecule has 1 aliphatic heterocycles. The van der Waals surface area contributed by atoms with Gasteiger partial charge in [0.1, 0.15) is 4.90 Å². The second-order valence-electron chi connectivity index (χ2n) is 4.86. The van der Waals surface area contributed by atoms with Crippen molar-refractivity contribution in [1.82, 2.24) is 4.72 Å². The lowest BCUT2D eigenvalue weighted by atomic mass is 10.1. The highest BCUT2D eigenvalue weighted by molar-refractivity contribution is 7.89. The Kier molecular flexibility index (Phi) is 4.82.